The standard InChI is InChI=1S/C20H24N6O/c1-15-14-17-18(7-4-8-19(17)24-23-15)22-20(27)26-12-3-2-6-16(26)9-13-25-11-5-10-21-25/h4-5,7-8,10-11,14,16H,2-3,6,9,12-13H2,1H3,(H,22,27)/t16-/m0/s1. The Morgan fingerprint density at radius 2 is 2.19 bits per heavy atom. The average Bonchev–Trinajstić information content (AvgIpc) is 3.21. The fourth-order valence-electron chi connectivity index (χ4n) is 3.74. The second-order valence-electron chi connectivity index (χ2n) is 7.06. The molecule has 3 heterocycles. The molecule has 1 aliphatic heterocycles. The zero-order valence-corrected chi connectivity index (χ0v) is 15.5. The summed E-state index contributed by atoms with van der Waals surface area (Å²) in [5.74, 6) is 0. The van der Waals surface area contributed by atoms with Crippen LogP contribution in [0.2, 0.25) is 0 Å². The second kappa shape index (κ2) is 7.73. The molecule has 0 radical (unpaired) electrons. The van der Waals surface area contributed by atoms with Gasteiger partial charge in [0.1, 0.15) is 0 Å². The van der Waals surface area contributed by atoms with Crippen molar-refractivity contribution >= 4 is 22.6 Å². The number of fused-ring (bicyclic) bond motifs is 1. The maximum atomic E-state index is 13.0. The SMILES string of the molecule is Cc1cc2c(NC(=O)N3CCCC[C@H]3CCn3cccn3)cccc2nn1. The van der Waals surface area contributed by atoms with Gasteiger partial charge in [-0.2, -0.15) is 15.3 Å². The van der Waals surface area contributed by atoms with Crippen LogP contribution >= 0.6 is 0 Å². The molecule has 2 aromatic heterocycles. The van der Waals surface area contributed by atoms with Gasteiger partial charge in [-0.1, -0.05) is 6.07 Å². The molecular formula is C20H24N6O. The van der Waals surface area contributed by atoms with E-state index in [1.54, 1.807) is 6.20 Å². The number of hydrogen-bond acceptors (Lipinski definition) is 4. The first-order valence-corrected chi connectivity index (χ1v) is 9.49. The van der Waals surface area contributed by atoms with Crippen molar-refractivity contribution in [2.75, 3.05) is 11.9 Å². The molecule has 1 saturated heterocycles. The van der Waals surface area contributed by atoms with Crippen LogP contribution in [0.25, 0.3) is 10.9 Å². The van der Waals surface area contributed by atoms with Crippen LogP contribution in [0.1, 0.15) is 31.4 Å². The lowest BCUT2D eigenvalue weighted by Crippen LogP contribution is -2.46. The zero-order valence-electron chi connectivity index (χ0n) is 15.5. The first-order chi connectivity index (χ1) is 13.2. The molecule has 140 valence electrons. The average molecular weight is 364 g/mol. The van der Waals surface area contributed by atoms with Crippen molar-refractivity contribution < 1.29 is 4.79 Å². The summed E-state index contributed by atoms with van der Waals surface area (Å²) in [6, 6.07) is 9.81. The van der Waals surface area contributed by atoms with Crippen molar-refractivity contribution in [3.05, 3.63) is 48.4 Å². The Kier molecular flexibility index (Phi) is 5.00. The number of aryl methyl sites for hydroxylation is 2. The van der Waals surface area contributed by atoms with Gasteiger partial charge in [-0.15, -0.1) is 0 Å². The molecule has 1 fully saturated rings. The number of nitrogens with one attached hydrogen (secondary N) is 1. The van der Waals surface area contributed by atoms with Gasteiger partial charge in [-0.05, 0) is 56.9 Å². The fraction of sp³-hybridized carbons (Fsp3) is 0.400. The Morgan fingerprint density at radius 3 is 3.04 bits per heavy atom. The van der Waals surface area contributed by atoms with Crippen LogP contribution in [-0.4, -0.2) is 43.5 Å². The molecule has 1 N–H and O–H groups in total. The Labute approximate surface area is 158 Å². The van der Waals surface area contributed by atoms with Crippen LogP contribution in [-0.2, 0) is 6.54 Å². The van der Waals surface area contributed by atoms with E-state index in [-0.39, 0.29) is 12.1 Å². The molecule has 1 aliphatic rings. The van der Waals surface area contributed by atoms with Crippen molar-refractivity contribution in [2.24, 2.45) is 0 Å². The lowest BCUT2D eigenvalue weighted by molar-refractivity contribution is 0.154. The van der Waals surface area contributed by atoms with Gasteiger partial charge >= 0.3 is 6.03 Å². The van der Waals surface area contributed by atoms with Gasteiger partial charge in [0.15, 0.2) is 0 Å². The van der Waals surface area contributed by atoms with E-state index in [9.17, 15) is 4.79 Å². The van der Waals surface area contributed by atoms with Crippen molar-refractivity contribution in [1.29, 1.82) is 0 Å². The van der Waals surface area contributed by atoms with E-state index in [1.165, 1.54) is 0 Å². The summed E-state index contributed by atoms with van der Waals surface area (Å²) in [7, 11) is 0. The molecule has 7 heteroatoms. The van der Waals surface area contributed by atoms with E-state index in [2.05, 4.69) is 20.6 Å². The van der Waals surface area contributed by atoms with Gasteiger partial charge in [0.2, 0.25) is 0 Å². The minimum absolute atomic E-state index is 0.0397. The molecule has 4 rings (SSSR count). The molecule has 1 aromatic carbocycles. The molecule has 2 amide bonds. The number of likely N-dealkylation sites (tertiary alicyclic amines) is 1. The summed E-state index contributed by atoms with van der Waals surface area (Å²) in [4.78, 5) is 15.0. The van der Waals surface area contributed by atoms with Crippen LogP contribution in [0.15, 0.2) is 42.7 Å². The second-order valence-corrected chi connectivity index (χ2v) is 7.06. The largest absolute Gasteiger partial charge is 0.322 e. The third-order valence-electron chi connectivity index (χ3n) is 5.13. The van der Waals surface area contributed by atoms with Crippen molar-refractivity contribution in [2.45, 2.75) is 45.2 Å². The summed E-state index contributed by atoms with van der Waals surface area (Å²) in [6.45, 7) is 3.52. The van der Waals surface area contributed by atoms with E-state index in [0.29, 0.717) is 0 Å². The number of anilines is 1. The number of piperidine rings is 1. The van der Waals surface area contributed by atoms with Crippen molar-refractivity contribution in [3.8, 4) is 0 Å². The first kappa shape index (κ1) is 17.5. The molecule has 7 nitrogen and oxygen atoms in total. The number of hydrogen-bond donors (Lipinski definition) is 1. The molecule has 0 aliphatic carbocycles. The predicted octanol–water partition coefficient (Wildman–Crippen LogP) is 3.61. The van der Waals surface area contributed by atoms with Crippen LogP contribution in [0.3, 0.4) is 0 Å². The number of benzene rings is 1. The van der Waals surface area contributed by atoms with Crippen LogP contribution in [0.5, 0.6) is 0 Å². The highest BCUT2D eigenvalue weighted by atomic mass is 16.2. The maximum absolute atomic E-state index is 13.0. The van der Waals surface area contributed by atoms with Gasteiger partial charge in [-0.25, -0.2) is 4.79 Å². The number of nitrogens with zero attached hydrogens (tertiary/aromatic N) is 5. The summed E-state index contributed by atoms with van der Waals surface area (Å²) < 4.78 is 1.93. The third-order valence-corrected chi connectivity index (χ3v) is 5.13. The number of urea groups is 1. The normalized spacial score (nSPS) is 17.2. The fourth-order valence-corrected chi connectivity index (χ4v) is 3.74. The Balaban J connectivity index is 1.50. The Bertz CT molecular complexity index is 923. The summed E-state index contributed by atoms with van der Waals surface area (Å²) in [6.07, 6.45) is 7.91. The van der Waals surface area contributed by atoms with E-state index in [0.717, 1.165) is 61.1 Å². The van der Waals surface area contributed by atoms with Gasteiger partial charge < -0.3 is 10.2 Å². The molecule has 3 aromatic rings. The highest BCUT2D eigenvalue weighted by molar-refractivity contribution is 6.00. The van der Waals surface area contributed by atoms with E-state index in [4.69, 9.17) is 0 Å². The van der Waals surface area contributed by atoms with Crippen LogP contribution < -0.4 is 5.32 Å². The number of carbonyl (C=O) groups is 1. The molecule has 0 spiro atoms. The van der Waals surface area contributed by atoms with Gasteiger partial charge in [-0.3, -0.25) is 4.68 Å². The van der Waals surface area contributed by atoms with Crippen molar-refractivity contribution in [3.63, 3.8) is 0 Å². The molecule has 0 unspecified atom stereocenters. The maximum Gasteiger partial charge on any atom is 0.322 e. The van der Waals surface area contributed by atoms with E-state index >= 15 is 0 Å². The quantitative estimate of drug-likeness (QED) is 0.767. The monoisotopic (exact) mass is 364 g/mol. The van der Waals surface area contributed by atoms with E-state index in [1.807, 2.05) is 53.0 Å². The molecule has 0 bridgehead atoms. The number of carbonyl (C=O) groups excluding carboxylic acids is 1. The third kappa shape index (κ3) is 3.92. The summed E-state index contributed by atoms with van der Waals surface area (Å²) in [5.41, 5.74) is 2.40. The summed E-state index contributed by atoms with van der Waals surface area (Å²) >= 11 is 0. The number of aromatic nitrogens is 4. The lowest BCUT2D eigenvalue weighted by atomic mass is 10.00. The van der Waals surface area contributed by atoms with Crippen LogP contribution in [0, 0.1) is 6.92 Å². The topological polar surface area (TPSA) is 75.9 Å². The van der Waals surface area contributed by atoms with Gasteiger partial charge in [0.05, 0.1) is 16.9 Å². The Hall–Kier alpha value is -2.96. The first-order valence-electron chi connectivity index (χ1n) is 9.49. The minimum Gasteiger partial charge on any atom is -0.321 e. The molecule has 27 heavy (non-hydrogen) atoms. The summed E-state index contributed by atoms with van der Waals surface area (Å²) in [5, 5.41) is 16.6. The molecular weight excluding hydrogens is 340 g/mol. The Morgan fingerprint density at radius 1 is 1.26 bits per heavy atom. The van der Waals surface area contributed by atoms with Gasteiger partial charge in [0.25, 0.3) is 0 Å². The lowest BCUT2D eigenvalue weighted by Gasteiger charge is -2.36. The zero-order chi connectivity index (χ0) is 18.6. The smallest absolute Gasteiger partial charge is 0.321 e. The predicted molar refractivity (Wildman–Crippen MR) is 104 cm³/mol. The molecule has 1 atom stereocenters. The molecule has 0 saturated carbocycles. The van der Waals surface area contributed by atoms with Crippen LogP contribution in [0.4, 0.5) is 10.5 Å². The highest BCUT2D eigenvalue weighted by Gasteiger charge is 2.27. The number of rotatable bonds is 4. The highest BCUT2D eigenvalue weighted by Crippen LogP contribution is 2.25. The number of amides is 2. The van der Waals surface area contributed by atoms with E-state index < -0.39 is 0 Å². The van der Waals surface area contributed by atoms with Crippen molar-refractivity contribution in [1.82, 2.24) is 24.9 Å². The minimum atomic E-state index is -0.0397. The van der Waals surface area contributed by atoms with Gasteiger partial charge in [0, 0.05) is 36.9 Å².